The highest BCUT2D eigenvalue weighted by molar-refractivity contribution is 6.34. The molecule has 2 heteroatoms. The van der Waals surface area contributed by atoms with Crippen molar-refractivity contribution < 1.29 is 9.47 Å². The minimum Gasteiger partial charge on any atom is -0.496 e. The summed E-state index contributed by atoms with van der Waals surface area (Å²) in [6.45, 7) is 0. The number of ether oxygens (including phenoxy) is 2. The second-order valence-electron chi connectivity index (χ2n) is 12.2. The Kier molecular flexibility index (Phi) is 5.16. The van der Waals surface area contributed by atoms with Crippen LogP contribution in [0.5, 0.6) is 11.5 Å². The molecule has 0 fully saturated rings. The normalized spacial score (nSPS) is 12.1. The van der Waals surface area contributed by atoms with E-state index < -0.39 is 0 Å². The summed E-state index contributed by atoms with van der Waals surface area (Å²) < 4.78 is 12.1. The molecule has 0 atom stereocenters. The zero-order valence-electron chi connectivity index (χ0n) is 25.5. The van der Waals surface area contributed by atoms with Crippen molar-refractivity contribution in [2.24, 2.45) is 0 Å². The van der Waals surface area contributed by atoms with Crippen LogP contribution in [-0.4, -0.2) is 14.2 Å². The average Bonchev–Trinajstić information content (AvgIpc) is 3.64. The topological polar surface area (TPSA) is 18.5 Å². The maximum absolute atomic E-state index is 6.06. The highest BCUT2D eigenvalue weighted by Gasteiger charge is 2.33. The Bertz CT molecular complexity index is 2570. The predicted octanol–water partition coefficient (Wildman–Crippen LogP) is 11.8. The van der Waals surface area contributed by atoms with Gasteiger partial charge in [-0.15, -0.1) is 0 Å². The maximum atomic E-state index is 6.06. The molecule has 2 nitrogen and oxygen atoms in total. The van der Waals surface area contributed by atoms with Crippen molar-refractivity contribution in [2.45, 2.75) is 0 Å². The minimum atomic E-state index is 0.857. The van der Waals surface area contributed by atoms with Gasteiger partial charge < -0.3 is 9.47 Å². The molecule has 0 spiro atoms. The number of rotatable bonds is 4. The van der Waals surface area contributed by atoms with Gasteiger partial charge in [0.1, 0.15) is 11.5 Å². The molecule has 8 aromatic rings. The molecule has 0 aromatic heterocycles. The number of hydrogen-bond donors (Lipinski definition) is 0. The first kappa shape index (κ1) is 25.5. The number of hydrogen-bond acceptors (Lipinski definition) is 2. The first-order valence-electron chi connectivity index (χ1n) is 15.8. The van der Waals surface area contributed by atoms with E-state index in [4.69, 9.17) is 9.47 Å². The van der Waals surface area contributed by atoms with Gasteiger partial charge in [0, 0.05) is 16.7 Å². The summed E-state index contributed by atoms with van der Waals surface area (Å²) in [5, 5.41) is 7.57. The first-order valence-corrected chi connectivity index (χ1v) is 15.8. The number of fused-ring (bicyclic) bond motifs is 8. The number of methoxy groups -OCH3 is 2. The van der Waals surface area contributed by atoms with E-state index in [2.05, 4.69) is 121 Å². The van der Waals surface area contributed by atoms with Crippen molar-refractivity contribution in [1.29, 1.82) is 0 Å². The maximum Gasteiger partial charge on any atom is 0.127 e. The van der Waals surface area contributed by atoms with Gasteiger partial charge in [0.15, 0.2) is 0 Å². The molecule has 2 aliphatic carbocycles. The third-order valence-electron chi connectivity index (χ3n) is 10.2. The molecule has 0 saturated heterocycles. The van der Waals surface area contributed by atoms with Crippen LogP contribution in [0.4, 0.5) is 0 Å². The molecule has 10 rings (SSSR count). The van der Waals surface area contributed by atoms with E-state index in [0.717, 1.165) is 22.6 Å². The summed E-state index contributed by atoms with van der Waals surface area (Å²) in [5.41, 5.74) is 14.8. The van der Waals surface area contributed by atoms with Gasteiger partial charge in [0.25, 0.3) is 0 Å². The molecule has 0 unspecified atom stereocenters. The Balaban J connectivity index is 1.44. The molecule has 216 valence electrons. The van der Waals surface area contributed by atoms with Gasteiger partial charge >= 0.3 is 0 Å². The largest absolute Gasteiger partial charge is 0.496 e. The average molecular weight is 589 g/mol. The Hall–Kier alpha value is -5.86. The van der Waals surface area contributed by atoms with Crippen molar-refractivity contribution in [2.75, 3.05) is 14.2 Å². The van der Waals surface area contributed by atoms with Gasteiger partial charge in [-0.25, -0.2) is 0 Å². The van der Waals surface area contributed by atoms with E-state index in [9.17, 15) is 0 Å². The predicted molar refractivity (Wildman–Crippen MR) is 192 cm³/mol. The summed E-state index contributed by atoms with van der Waals surface area (Å²) in [6.07, 6.45) is 0. The molecular weight excluding hydrogens is 560 g/mol. The Morgan fingerprint density at radius 3 is 1.54 bits per heavy atom. The minimum absolute atomic E-state index is 0.857. The van der Waals surface area contributed by atoms with Crippen molar-refractivity contribution in [3.8, 4) is 78.3 Å². The van der Waals surface area contributed by atoms with Gasteiger partial charge in [-0.1, -0.05) is 121 Å². The Labute approximate surface area is 267 Å². The molecule has 0 amide bonds. The van der Waals surface area contributed by atoms with E-state index in [-0.39, 0.29) is 0 Å². The third kappa shape index (κ3) is 3.15. The monoisotopic (exact) mass is 588 g/mol. The molecular formula is C44H28O2. The molecule has 0 aliphatic heterocycles. The van der Waals surface area contributed by atoms with Crippen LogP contribution in [0.1, 0.15) is 0 Å². The van der Waals surface area contributed by atoms with Crippen molar-refractivity contribution in [3.63, 3.8) is 0 Å². The Morgan fingerprint density at radius 1 is 0.304 bits per heavy atom. The van der Waals surface area contributed by atoms with Crippen LogP contribution in [0.15, 0.2) is 133 Å². The third-order valence-corrected chi connectivity index (χ3v) is 10.2. The molecule has 0 heterocycles. The molecule has 8 aromatic carbocycles. The quantitative estimate of drug-likeness (QED) is 0.190. The molecule has 0 radical (unpaired) electrons. The van der Waals surface area contributed by atoms with Crippen LogP contribution in [0.2, 0.25) is 0 Å². The molecule has 0 bridgehead atoms. The van der Waals surface area contributed by atoms with Gasteiger partial charge in [0.2, 0.25) is 0 Å². The highest BCUT2D eigenvalue weighted by Crippen LogP contribution is 2.60. The first-order chi connectivity index (χ1) is 22.8. The van der Waals surface area contributed by atoms with Gasteiger partial charge in [-0.3, -0.25) is 0 Å². The summed E-state index contributed by atoms with van der Waals surface area (Å²) in [7, 11) is 3.52. The van der Waals surface area contributed by atoms with Crippen molar-refractivity contribution in [1.82, 2.24) is 0 Å². The molecule has 0 N–H and O–H groups in total. The molecule has 0 saturated carbocycles. The number of benzene rings is 8. The van der Waals surface area contributed by atoms with Gasteiger partial charge in [0.05, 0.1) is 14.2 Å². The lowest BCUT2D eigenvalue weighted by Crippen LogP contribution is -1.94. The van der Waals surface area contributed by atoms with Crippen LogP contribution in [0, 0.1) is 0 Å². The van der Waals surface area contributed by atoms with E-state index >= 15 is 0 Å². The standard InChI is InChI=1S/C44H28O2/c1-45-36-23-24-37(46-2)44-42(36)34-19-10-18-33-40(39-26(25-11-4-3-5-12-25)15-8-20-35(39)43(44)41(33)34)32-22-21-31-28-14-7-6-13-27(28)29-16-9-17-30(32)38(29)31/h3-24H,1-2H3. The van der Waals surface area contributed by atoms with E-state index in [1.807, 2.05) is 12.1 Å². The fraction of sp³-hybridized carbons (Fsp3) is 0.0455. The van der Waals surface area contributed by atoms with Gasteiger partial charge in [-0.2, -0.15) is 0 Å². The smallest absolute Gasteiger partial charge is 0.127 e. The van der Waals surface area contributed by atoms with Crippen molar-refractivity contribution in [3.05, 3.63) is 133 Å². The summed E-state index contributed by atoms with van der Waals surface area (Å²) in [6, 6.07) is 48.7. The van der Waals surface area contributed by atoms with Crippen LogP contribution < -0.4 is 9.47 Å². The summed E-state index contributed by atoms with van der Waals surface area (Å²) >= 11 is 0. The highest BCUT2D eigenvalue weighted by atomic mass is 16.5. The Morgan fingerprint density at radius 2 is 0.826 bits per heavy atom. The zero-order chi connectivity index (χ0) is 30.5. The van der Waals surface area contributed by atoms with Crippen LogP contribution in [0.25, 0.3) is 99.1 Å². The SMILES string of the molecule is COc1ccc(OC)c2c1-c1cccc3c(-c4ccc5c6c(cccc46)-c4ccccc4-5)c4c(-c5ccccc5)cccc4c-2c13. The summed E-state index contributed by atoms with van der Waals surface area (Å²) in [5.74, 6) is 1.71. The van der Waals surface area contributed by atoms with Crippen LogP contribution >= 0.6 is 0 Å². The fourth-order valence-electron chi connectivity index (χ4n) is 8.38. The lowest BCUT2D eigenvalue weighted by atomic mass is 9.82. The second kappa shape index (κ2) is 9.32. The van der Waals surface area contributed by atoms with E-state index in [0.29, 0.717) is 0 Å². The van der Waals surface area contributed by atoms with Crippen molar-refractivity contribution >= 4 is 32.3 Å². The lowest BCUT2D eigenvalue weighted by Gasteiger charge is -2.20. The van der Waals surface area contributed by atoms with Gasteiger partial charge in [-0.05, 0) is 94.5 Å². The summed E-state index contributed by atoms with van der Waals surface area (Å²) in [4.78, 5) is 0. The molecule has 2 aliphatic rings. The molecule has 46 heavy (non-hydrogen) atoms. The lowest BCUT2D eigenvalue weighted by molar-refractivity contribution is 0.406. The van der Waals surface area contributed by atoms with E-state index in [1.165, 1.54) is 88.0 Å². The van der Waals surface area contributed by atoms with Crippen LogP contribution in [0.3, 0.4) is 0 Å². The van der Waals surface area contributed by atoms with E-state index in [1.54, 1.807) is 14.2 Å². The fourth-order valence-corrected chi connectivity index (χ4v) is 8.38. The van der Waals surface area contributed by atoms with Crippen LogP contribution in [-0.2, 0) is 0 Å². The zero-order valence-corrected chi connectivity index (χ0v) is 25.5. The second-order valence-corrected chi connectivity index (χ2v) is 12.2.